The first kappa shape index (κ1) is 15.5. The zero-order chi connectivity index (χ0) is 16.4. The lowest BCUT2D eigenvalue weighted by molar-refractivity contribution is -0.125. The van der Waals surface area contributed by atoms with Crippen molar-refractivity contribution in [2.45, 2.75) is 37.8 Å². The third-order valence-corrected chi connectivity index (χ3v) is 4.41. The first-order valence-electron chi connectivity index (χ1n) is 7.75. The normalized spacial score (nSPS) is 19.8. The summed E-state index contributed by atoms with van der Waals surface area (Å²) in [5.74, 6) is -0.432. The Morgan fingerprint density at radius 1 is 1.30 bits per heavy atom. The Morgan fingerprint density at radius 3 is 2.70 bits per heavy atom. The van der Waals surface area contributed by atoms with Gasteiger partial charge in [0.2, 0.25) is 11.8 Å². The molecule has 0 radical (unpaired) electrons. The Labute approximate surface area is 134 Å². The topological polar surface area (TPSA) is 105 Å². The number of urea groups is 1. The zero-order valence-corrected chi connectivity index (χ0v) is 12.8. The number of amides is 4. The molecule has 1 aromatic carbocycles. The van der Waals surface area contributed by atoms with Crippen molar-refractivity contribution in [3.8, 4) is 0 Å². The van der Waals surface area contributed by atoms with E-state index in [9.17, 15) is 14.4 Å². The monoisotopic (exact) mass is 316 g/mol. The van der Waals surface area contributed by atoms with E-state index in [0.717, 1.165) is 23.3 Å². The van der Waals surface area contributed by atoms with Crippen LogP contribution in [0.5, 0.6) is 0 Å². The van der Waals surface area contributed by atoms with E-state index in [-0.39, 0.29) is 24.9 Å². The van der Waals surface area contributed by atoms with Crippen LogP contribution in [0.25, 0.3) is 0 Å². The Hall–Kier alpha value is -2.41. The summed E-state index contributed by atoms with van der Waals surface area (Å²) in [4.78, 5) is 36.7. The van der Waals surface area contributed by atoms with Crippen LogP contribution >= 0.6 is 0 Å². The summed E-state index contributed by atoms with van der Waals surface area (Å²) >= 11 is 0. The number of carbonyl (C=O) groups is 3. The highest BCUT2D eigenvalue weighted by atomic mass is 16.2. The molecular weight excluding hydrogens is 296 g/mol. The fourth-order valence-corrected chi connectivity index (χ4v) is 3.03. The number of hydrogen-bond acceptors (Lipinski definition) is 4. The standard InChI is InChI=1S/C16H20N4O3/c17-16(6-1-2-7-16)14(22)19-12-5-3-4-11(8-12)10-20-13(21)9-18-15(20)23/h3-5,8H,1-2,6-7,9-10,17H2,(H,18,23)(H,19,22). The Morgan fingerprint density at radius 2 is 2.04 bits per heavy atom. The summed E-state index contributed by atoms with van der Waals surface area (Å²) in [6.07, 6.45) is 3.33. The number of hydrogen-bond donors (Lipinski definition) is 3. The number of nitrogens with two attached hydrogens (primary N) is 1. The van der Waals surface area contributed by atoms with Crippen LogP contribution in [0.2, 0.25) is 0 Å². The van der Waals surface area contributed by atoms with Crippen LogP contribution in [0.1, 0.15) is 31.2 Å². The van der Waals surface area contributed by atoms with Crippen LogP contribution in [0.4, 0.5) is 10.5 Å². The molecule has 0 spiro atoms. The SMILES string of the molecule is NC1(C(=O)Nc2cccc(CN3C(=O)CNC3=O)c2)CCCC1. The molecule has 4 amide bonds. The molecule has 1 aromatic rings. The number of nitrogens with zero attached hydrogens (tertiary/aromatic N) is 1. The molecule has 7 heteroatoms. The van der Waals surface area contributed by atoms with E-state index in [1.54, 1.807) is 18.2 Å². The summed E-state index contributed by atoms with van der Waals surface area (Å²) in [6, 6.07) is 6.72. The molecular formula is C16H20N4O3. The van der Waals surface area contributed by atoms with Crippen molar-refractivity contribution >= 4 is 23.5 Å². The summed E-state index contributed by atoms with van der Waals surface area (Å²) in [6.45, 7) is 0.215. The molecule has 4 N–H and O–H groups in total. The Balaban J connectivity index is 1.69. The number of anilines is 1. The van der Waals surface area contributed by atoms with Gasteiger partial charge in [-0.2, -0.15) is 0 Å². The van der Waals surface area contributed by atoms with Gasteiger partial charge in [0.15, 0.2) is 0 Å². The van der Waals surface area contributed by atoms with Crippen LogP contribution in [0.3, 0.4) is 0 Å². The third-order valence-electron chi connectivity index (χ3n) is 4.41. The van der Waals surface area contributed by atoms with Gasteiger partial charge >= 0.3 is 6.03 Å². The number of imide groups is 1. The van der Waals surface area contributed by atoms with Crippen molar-refractivity contribution in [1.29, 1.82) is 0 Å². The van der Waals surface area contributed by atoms with Crippen molar-refractivity contribution < 1.29 is 14.4 Å². The Bertz CT molecular complexity index is 636. The second-order valence-corrected chi connectivity index (χ2v) is 6.16. The molecule has 1 heterocycles. The quantitative estimate of drug-likeness (QED) is 0.719. The number of rotatable bonds is 4. The molecule has 0 atom stereocenters. The highest BCUT2D eigenvalue weighted by Crippen LogP contribution is 2.28. The van der Waals surface area contributed by atoms with Gasteiger partial charge in [0.05, 0.1) is 18.6 Å². The molecule has 2 fully saturated rings. The molecule has 1 saturated heterocycles. The van der Waals surface area contributed by atoms with Gasteiger partial charge in [-0.15, -0.1) is 0 Å². The molecule has 1 aliphatic carbocycles. The second-order valence-electron chi connectivity index (χ2n) is 6.16. The van der Waals surface area contributed by atoms with Gasteiger partial charge in [-0.25, -0.2) is 4.79 Å². The number of benzene rings is 1. The third kappa shape index (κ3) is 3.19. The molecule has 7 nitrogen and oxygen atoms in total. The van der Waals surface area contributed by atoms with E-state index in [0.29, 0.717) is 18.5 Å². The van der Waals surface area contributed by atoms with E-state index in [4.69, 9.17) is 5.73 Å². The van der Waals surface area contributed by atoms with Crippen molar-refractivity contribution in [1.82, 2.24) is 10.2 Å². The molecule has 0 aromatic heterocycles. The van der Waals surface area contributed by atoms with Crippen LogP contribution in [-0.2, 0) is 16.1 Å². The second kappa shape index (κ2) is 6.00. The minimum Gasteiger partial charge on any atom is -0.329 e. The predicted molar refractivity (Wildman–Crippen MR) is 84.4 cm³/mol. The highest BCUT2D eigenvalue weighted by Gasteiger charge is 2.37. The molecule has 0 bridgehead atoms. The van der Waals surface area contributed by atoms with Crippen molar-refractivity contribution in [2.75, 3.05) is 11.9 Å². The van der Waals surface area contributed by atoms with Crippen molar-refractivity contribution in [3.05, 3.63) is 29.8 Å². The van der Waals surface area contributed by atoms with Crippen LogP contribution in [-0.4, -0.2) is 34.8 Å². The maximum absolute atomic E-state index is 12.3. The van der Waals surface area contributed by atoms with E-state index in [2.05, 4.69) is 10.6 Å². The minimum atomic E-state index is -0.791. The first-order valence-corrected chi connectivity index (χ1v) is 7.75. The Kier molecular flexibility index (Phi) is 4.04. The van der Waals surface area contributed by atoms with E-state index >= 15 is 0 Å². The maximum atomic E-state index is 12.3. The number of carbonyl (C=O) groups excluding carboxylic acids is 3. The van der Waals surface area contributed by atoms with Gasteiger partial charge in [-0.05, 0) is 30.5 Å². The molecule has 122 valence electrons. The average Bonchev–Trinajstić information content (AvgIpc) is 3.10. The molecule has 3 rings (SSSR count). The van der Waals surface area contributed by atoms with Crippen molar-refractivity contribution in [2.24, 2.45) is 5.73 Å². The van der Waals surface area contributed by atoms with E-state index in [1.165, 1.54) is 0 Å². The fraction of sp³-hybridized carbons (Fsp3) is 0.438. The highest BCUT2D eigenvalue weighted by molar-refractivity contribution is 6.02. The van der Waals surface area contributed by atoms with Gasteiger partial charge in [-0.1, -0.05) is 25.0 Å². The molecule has 23 heavy (non-hydrogen) atoms. The zero-order valence-electron chi connectivity index (χ0n) is 12.8. The van der Waals surface area contributed by atoms with Crippen LogP contribution in [0.15, 0.2) is 24.3 Å². The number of nitrogens with one attached hydrogen (secondary N) is 2. The largest absolute Gasteiger partial charge is 0.329 e. The lowest BCUT2D eigenvalue weighted by Crippen LogP contribution is -2.48. The molecule has 2 aliphatic rings. The van der Waals surface area contributed by atoms with E-state index in [1.807, 2.05) is 6.07 Å². The summed E-state index contributed by atoms with van der Waals surface area (Å²) in [5.41, 5.74) is 6.74. The fourth-order valence-electron chi connectivity index (χ4n) is 3.03. The summed E-state index contributed by atoms with van der Waals surface area (Å²) in [7, 11) is 0. The lowest BCUT2D eigenvalue weighted by Gasteiger charge is -2.22. The van der Waals surface area contributed by atoms with E-state index < -0.39 is 11.6 Å². The minimum absolute atomic E-state index is 0.0327. The molecule has 1 aliphatic heterocycles. The molecule has 0 unspecified atom stereocenters. The predicted octanol–water partition coefficient (Wildman–Crippen LogP) is 0.948. The summed E-state index contributed by atoms with van der Waals surface area (Å²) < 4.78 is 0. The lowest BCUT2D eigenvalue weighted by atomic mass is 9.98. The van der Waals surface area contributed by atoms with Gasteiger partial charge in [0.1, 0.15) is 0 Å². The van der Waals surface area contributed by atoms with Crippen LogP contribution < -0.4 is 16.4 Å². The van der Waals surface area contributed by atoms with Gasteiger partial charge < -0.3 is 16.4 Å². The van der Waals surface area contributed by atoms with Crippen molar-refractivity contribution in [3.63, 3.8) is 0 Å². The van der Waals surface area contributed by atoms with Gasteiger partial charge in [0, 0.05) is 5.69 Å². The average molecular weight is 316 g/mol. The first-order chi connectivity index (χ1) is 11.0. The smallest absolute Gasteiger partial charge is 0.324 e. The van der Waals surface area contributed by atoms with Gasteiger partial charge in [0.25, 0.3) is 0 Å². The maximum Gasteiger partial charge on any atom is 0.324 e. The molecule has 1 saturated carbocycles. The summed E-state index contributed by atoms with van der Waals surface area (Å²) in [5, 5.41) is 5.32. The van der Waals surface area contributed by atoms with Gasteiger partial charge in [-0.3, -0.25) is 14.5 Å². The van der Waals surface area contributed by atoms with Crippen LogP contribution in [0, 0.1) is 0 Å².